The predicted molar refractivity (Wildman–Crippen MR) is 89.4 cm³/mol. The first-order chi connectivity index (χ1) is 11.5. The number of anilines is 1. The topological polar surface area (TPSA) is 99.8 Å². The van der Waals surface area contributed by atoms with Crippen LogP contribution in [0.1, 0.15) is 19.1 Å². The molecular weight excluding hydrogens is 357 g/mol. The van der Waals surface area contributed by atoms with Gasteiger partial charge in [-0.05, 0) is 25.0 Å². The monoisotopic (exact) mass is 373 g/mol. The molecule has 7 nitrogen and oxygen atoms in total. The second-order valence-electron chi connectivity index (χ2n) is 6.21. The van der Waals surface area contributed by atoms with Gasteiger partial charge in [0.15, 0.2) is 6.23 Å². The van der Waals surface area contributed by atoms with E-state index in [9.17, 15) is 15.3 Å². The first kappa shape index (κ1) is 16.4. The normalized spacial score (nSPS) is 30.2. The fourth-order valence-corrected chi connectivity index (χ4v) is 3.27. The van der Waals surface area contributed by atoms with Crippen LogP contribution in [0.3, 0.4) is 0 Å². The van der Waals surface area contributed by atoms with E-state index in [0.29, 0.717) is 33.1 Å². The van der Waals surface area contributed by atoms with E-state index < -0.39 is 24.5 Å². The Kier molecular flexibility index (Phi) is 4.11. The van der Waals surface area contributed by atoms with Gasteiger partial charge in [-0.15, -0.1) is 0 Å². The molecule has 0 radical (unpaired) electrons. The van der Waals surface area contributed by atoms with Gasteiger partial charge >= 0.3 is 0 Å². The molecule has 4 N–H and O–H groups in total. The lowest BCUT2D eigenvalue weighted by atomic mass is 10.1. The van der Waals surface area contributed by atoms with Crippen molar-refractivity contribution in [3.8, 4) is 0 Å². The molecule has 0 bridgehead atoms. The minimum absolute atomic E-state index is 0.323. The molecule has 2 fully saturated rings. The molecule has 1 aromatic heterocycles. The van der Waals surface area contributed by atoms with Gasteiger partial charge in [-0.2, -0.15) is 0 Å². The van der Waals surface area contributed by atoms with Gasteiger partial charge in [-0.3, -0.25) is 4.57 Å². The van der Waals surface area contributed by atoms with Gasteiger partial charge in [-0.1, -0.05) is 23.2 Å². The Bertz CT molecular complexity index is 780. The van der Waals surface area contributed by atoms with Crippen LogP contribution in [0.4, 0.5) is 5.95 Å². The summed E-state index contributed by atoms with van der Waals surface area (Å²) in [4.78, 5) is 4.52. The number of ether oxygens (including phenoxy) is 1. The average molecular weight is 374 g/mol. The first-order valence-corrected chi connectivity index (χ1v) is 8.51. The average Bonchev–Trinajstić information content (AvgIpc) is 3.25. The molecule has 0 unspecified atom stereocenters. The number of benzene rings is 1. The molecule has 0 amide bonds. The Morgan fingerprint density at radius 3 is 2.54 bits per heavy atom. The number of nitrogens with zero attached hydrogens (tertiary/aromatic N) is 2. The van der Waals surface area contributed by atoms with Crippen molar-refractivity contribution >= 4 is 40.2 Å². The van der Waals surface area contributed by atoms with Crippen LogP contribution in [0, 0.1) is 0 Å². The third-order valence-electron chi connectivity index (χ3n) is 4.41. The van der Waals surface area contributed by atoms with Crippen molar-refractivity contribution in [1.29, 1.82) is 0 Å². The quantitative estimate of drug-likeness (QED) is 0.648. The maximum Gasteiger partial charge on any atom is 0.206 e. The van der Waals surface area contributed by atoms with E-state index in [1.54, 1.807) is 16.7 Å². The number of hydrogen-bond donors (Lipinski definition) is 4. The van der Waals surface area contributed by atoms with E-state index in [-0.39, 0.29) is 6.61 Å². The molecule has 2 heterocycles. The van der Waals surface area contributed by atoms with Crippen LogP contribution >= 0.6 is 23.2 Å². The van der Waals surface area contributed by atoms with Crippen molar-refractivity contribution in [2.75, 3.05) is 11.9 Å². The largest absolute Gasteiger partial charge is 0.394 e. The fraction of sp³-hybridized carbons (Fsp3) is 0.533. The van der Waals surface area contributed by atoms with Gasteiger partial charge in [-0.25, -0.2) is 4.98 Å². The highest BCUT2D eigenvalue weighted by Crippen LogP contribution is 2.38. The number of rotatable bonds is 4. The van der Waals surface area contributed by atoms with Gasteiger partial charge < -0.3 is 25.4 Å². The third-order valence-corrected chi connectivity index (χ3v) is 5.14. The Morgan fingerprint density at radius 2 is 1.92 bits per heavy atom. The molecule has 1 saturated heterocycles. The first-order valence-electron chi connectivity index (χ1n) is 7.75. The molecule has 9 heteroatoms. The number of aliphatic hydroxyl groups excluding tert-OH is 3. The number of aromatic nitrogens is 2. The molecule has 4 atom stereocenters. The summed E-state index contributed by atoms with van der Waals surface area (Å²) in [5.74, 6) is 0.515. The molecule has 1 aliphatic carbocycles. The number of imidazole rings is 1. The van der Waals surface area contributed by atoms with Crippen LogP contribution in [0.15, 0.2) is 12.1 Å². The molecule has 2 aliphatic rings. The van der Waals surface area contributed by atoms with Gasteiger partial charge in [0, 0.05) is 6.04 Å². The zero-order valence-corrected chi connectivity index (χ0v) is 14.1. The van der Waals surface area contributed by atoms with Crippen molar-refractivity contribution in [2.24, 2.45) is 0 Å². The van der Waals surface area contributed by atoms with E-state index in [1.165, 1.54) is 0 Å². The third kappa shape index (κ3) is 2.65. The lowest BCUT2D eigenvalue weighted by Crippen LogP contribution is -2.33. The van der Waals surface area contributed by atoms with Crippen LogP contribution < -0.4 is 5.32 Å². The zero-order valence-electron chi connectivity index (χ0n) is 12.6. The van der Waals surface area contributed by atoms with Crippen molar-refractivity contribution < 1.29 is 20.1 Å². The molecule has 24 heavy (non-hydrogen) atoms. The van der Waals surface area contributed by atoms with Gasteiger partial charge in [0.2, 0.25) is 5.95 Å². The second-order valence-corrected chi connectivity index (χ2v) is 7.02. The van der Waals surface area contributed by atoms with Crippen LogP contribution in [-0.4, -0.2) is 55.8 Å². The van der Waals surface area contributed by atoms with Crippen LogP contribution in [0.5, 0.6) is 0 Å². The molecule has 130 valence electrons. The number of aliphatic hydroxyl groups is 3. The smallest absolute Gasteiger partial charge is 0.206 e. The Hall–Kier alpha value is -1.09. The maximum absolute atomic E-state index is 10.4. The summed E-state index contributed by atoms with van der Waals surface area (Å²) >= 11 is 12.2. The number of hydrogen-bond acceptors (Lipinski definition) is 6. The lowest BCUT2D eigenvalue weighted by molar-refractivity contribution is -0.0499. The van der Waals surface area contributed by atoms with E-state index in [0.717, 1.165) is 12.8 Å². The summed E-state index contributed by atoms with van der Waals surface area (Å²) in [7, 11) is 0. The second kappa shape index (κ2) is 6.01. The maximum atomic E-state index is 10.4. The summed E-state index contributed by atoms with van der Waals surface area (Å²) in [6.07, 6.45) is -2.05. The Labute approximate surface area is 147 Å². The van der Waals surface area contributed by atoms with Crippen molar-refractivity contribution in [3.63, 3.8) is 0 Å². The predicted octanol–water partition coefficient (Wildman–Crippen LogP) is 1.53. The standard InChI is InChI=1S/C15H17Cl2N3O4/c16-7-3-9-10(4-8(7)17)20(15(19-9)18-6-1-2-6)14-13(23)12(22)11(5-21)24-14/h3-4,6,11-14,21-23H,1-2,5H2,(H,18,19)/t11-,12-,13-,14-/m0/s1. The minimum Gasteiger partial charge on any atom is -0.394 e. The Morgan fingerprint density at radius 1 is 1.21 bits per heavy atom. The highest BCUT2D eigenvalue weighted by Gasteiger charge is 2.45. The SMILES string of the molecule is OC[C@@H]1O[C@H](n2c(NC3CC3)nc3cc(Cl)c(Cl)cc32)[C@@H](O)[C@H]1O. The fourth-order valence-electron chi connectivity index (χ4n) is 2.95. The van der Waals surface area contributed by atoms with Crippen LogP contribution in [0.25, 0.3) is 11.0 Å². The summed E-state index contributed by atoms with van der Waals surface area (Å²) < 4.78 is 7.32. The summed E-state index contributed by atoms with van der Waals surface area (Å²) in [5.41, 5.74) is 1.23. The minimum atomic E-state index is -1.20. The van der Waals surface area contributed by atoms with E-state index in [2.05, 4.69) is 10.3 Å². The van der Waals surface area contributed by atoms with Crippen LogP contribution in [0.2, 0.25) is 10.0 Å². The zero-order chi connectivity index (χ0) is 17.0. The summed E-state index contributed by atoms with van der Waals surface area (Å²) in [5, 5.41) is 33.8. The van der Waals surface area contributed by atoms with E-state index in [4.69, 9.17) is 27.9 Å². The molecule has 1 saturated carbocycles. The summed E-state index contributed by atoms with van der Waals surface area (Å²) in [6.45, 7) is -0.390. The van der Waals surface area contributed by atoms with Crippen LogP contribution in [-0.2, 0) is 4.74 Å². The van der Waals surface area contributed by atoms with Gasteiger partial charge in [0.1, 0.15) is 18.3 Å². The number of halogens is 2. The molecule has 4 rings (SSSR count). The summed E-state index contributed by atoms with van der Waals surface area (Å²) in [6, 6.07) is 3.62. The van der Waals surface area contributed by atoms with Crippen molar-refractivity contribution in [2.45, 2.75) is 43.4 Å². The highest BCUT2D eigenvalue weighted by atomic mass is 35.5. The van der Waals surface area contributed by atoms with Gasteiger partial charge in [0.25, 0.3) is 0 Å². The van der Waals surface area contributed by atoms with Crippen molar-refractivity contribution in [1.82, 2.24) is 9.55 Å². The lowest BCUT2D eigenvalue weighted by Gasteiger charge is -2.20. The highest BCUT2D eigenvalue weighted by molar-refractivity contribution is 6.42. The molecule has 2 aromatic rings. The molecule has 1 aliphatic heterocycles. The van der Waals surface area contributed by atoms with Crippen molar-refractivity contribution in [3.05, 3.63) is 22.2 Å². The number of fused-ring (bicyclic) bond motifs is 1. The Balaban J connectivity index is 1.83. The molecule has 0 spiro atoms. The number of nitrogens with one attached hydrogen (secondary N) is 1. The molecule has 1 aromatic carbocycles. The van der Waals surface area contributed by atoms with E-state index >= 15 is 0 Å². The molecular formula is C15H17Cl2N3O4. The van der Waals surface area contributed by atoms with Gasteiger partial charge in [0.05, 0.1) is 27.7 Å². The van der Waals surface area contributed by atoms with E-state index in [1.807, 2.05) is 0 Å².